The highest BCUT2D eigenvalue weighted by molar-refractivity contribution is 5.96. The van der Waals surface area contributed by atoms with Crippen LogP contribution in [0, 0.1) is 5.92 Å². The summed E-state index contributed by atoms with van der Waals surface area (Å²) < 4.78 is 21.5. The number of methoxy groups -OCH3 is 1. The lowest BCUT2D eigenvalue weighted by molar-refractivity contribution is -0.148. The topological polar surface area (TPSA) is 91.3 Å². The molecule has 152 valence electrons. The second kappa shape index (κ2) is 8.03. The van der Waals surface area contributed by atoms with Crippen LogP contribution in [-0.2, 0) is 20.9 Å². The van der Waals surface area contributed by atoms with Gasteiger partial charge in [0, 0.05) is 11.1 Å². The number of fused-ring (bicyclic) bond motifs is 1. The van der Waals surface area contributed by atoms with Crippen molar-refractivity contribution < 1.29 is 33.6 Å². The first-order valence-corrected chi connectivity index (χ1v) is 9.56. The van der Waals surface area contributed by atoms with Crippen LogP contribution in [0.3, 0.4) is 0 Å². The van der Waals surface area contributed by atoms with Crippen molar-refractivity contribution in [2.45, 2.75) is 25.9 Å². The van der Waals surface area contributed by atoms with Crippen LogP contribution in [0.15, 0.2) is 30.3 Å². The molecule has 0 aromatic heterocycles. The normalized spacial score (nSPS) is 15.3. The summed E-state index contributed by atoms with van der Waals surface area (Å²) in [6, 6.07) is 8.41. The molecule has 1 aliphatic heterocycles. The van der Waals surface area contributed by atoms with E-state index in [9.17, 15) is 14.7 Å². The number of phenols is 1. The Kier molecular flexibility index (Phi) is 5.29. The average molecular weight is 398 g/mol. The molecule has 1 N–H and O–H groups in total. The predicted octanol–water partition coefficient (Wildman–Crippen LogP) is 3.46. The van der Waals surface area contributed by atoms with E-state index in [0.717, 1.165) is 18.4 Å². The number of carbonyl (C=O) groups excluding carboxylic acids is 2. The van der Waals surface area contributed by atoms with Gasteiger partial charge in [0.25, 0.3) is 0 Å². The second-order valence-electron chi connectivity index (χ2n) is 7.17. The molecule has 0 unspecified atom stereocenters. The monoisotopic (exact) mass is 398 g/mol. The Hall–Kier alpha value is -3.22. The van der Waals surface area contributed by atoms with Crippen molar-refractivity contribution in [2.24, 2.45) is 5.92 Å². The van der Waals surface area contributed by atoms with E-state index in [4.69, 9.17) is 18.9 Å². The Labute approximate surface area is 168 Å². The van der Waals surface area contributed by atoms with Crippen LogP contribution in [0.4, 0.5) is 0 Å². The first kappa shape index (κ1) is 19.1. The van der Waals surface area contributed by atoms with E-state index in [0.29, 0.717) is 29.2 Å². The van der Waals surface area contributed by atoms with Gasteiger partial charge >= 0.3 is 11.9 Å². The van der Waals surface area contributed by atoms with Crippen LogP contribution in [0.1, 0.15) is 35.2 Å². The standard InChI is InChI=1S/C22H22O7/c1-26-21-18(23)9-8-15(14-6-3-7-16-17(14)11-29-22(16)25)20(21)28-12-19(24)27-10-13-4-2-5-13/h3,6-9,13,23H,2,4-5,10-12H2,1H3. The Balaban J connectivity index is 1.62. The molecule has 1 aliphatic carbocycles. The minimum Gasteiger partial charge on any atom is -0.504 e. The number of ether oxygens (including phenoxy) is 4. The first-order chi connectivity index (χ1) is 14.1. The van der Waals surface area contributed by atoms with E-state index in [1.54, 1.807) is 18.2 Å². The Morgan fingerprint density at radius 3 is 2.66 bits per heavy atom. The van der Waals surface area contributed by atoms with E-state index in [1.165, 1.54) is 19.6 Å². The van der Waals surface area contributed by atoms with Gasteiger partial charge < -0.3 is 24.1 Å². The molecule has 2 aliphatic rings. The van der Waals surface area contributed by atoms with Gasteiger partial charge in [-0.1, -0.05) is 18.6 Å². The molecule has 2 aromatic rings. The Morgan fingerprint density at radius 2 is 1.93 bits per heavy atom. The highest BCUT2D eigenvalue weighted by Gasteiger charge is 2.27. The van der Waals surface area contributed by atoms with Crippen molar-refractivity contribution in [3.8, 4) is 28.4 Å². The molecular formula is C22H22O7. The van der Waals surface area contributed by atoms with Crippen molar-refractivity contribution in [3.63, 3.8) is 0 Å². The lowest BCUT2D eigenvalue weighted by atomic mass is 9.86. The van der Waals surface area contributed by atoms with Gasteiger partial charge in [-0.3, -0.25) is 0 Å². The van der Waals surface area contributed by atoms with Crippen LogP contribution in [0.5, 0.6) is 17.2 Å². The summed E-state index contributed by atoms with van der Waals surface area (Å²) in [4.78, 5) is 24.0. The number of hydrogen-bond donors (Lipinski definition) is 1. The van der Waals surface area contributed by atoms with E-state index in [-0.39, 0.29) is 36.4 Å². The van der Waals surface area contributed by atoms with E-state index in [2.05, 4.69) is 0 Å². The number of hydrogen-bond acceptors (Lipinski definition) is 7. The highest BCUT2D eigenvalue weighted by Crippen LogP contribution is 2.46. The number of aromatic hydroxyl groups is 1. The fourth-order valence-corrected chi connectivity index (χ4v) is 3.55. The Morgan fingerprint density at radius 1 is 1.14 bits per heavy atom. The molecule has 0 saturated heterocycles. The average Bonchev–Trinajstić information content (AvgIpc) is 3.06. The van der Waals surface area contributed by atoms with Gasteiger partial charge in [-0.05, 0) is 42.5 Å². The number of carbonyl (C=O) groups is 2. The number of esters is 2. The molecule has 29 heavy (non-hydrogen) atoms. The summed E-state index contributed by atoms with van der Waals surface area (Å²) >= 11 is 0. The predicted molar refractivity (Wildman–Crippen MR) is 103 cm³/mol. The molecule has 2 aromatic carbocycles. The summed E-state index contributed by atoms with van der Waals surface area (Å²) in [6.07, 6.45) is 3.34. The lowest BCUT2D eigenvalue weighted by Crippen LogP contribution is -2.23. The molecule has 0 amide bonds. The van der Waals surface area contributed by atoms with Crippen LogP contribution >= 0.6 is 0 Å². The molecule has 7 heteroatoms. The lowest BCUT2D eigenvalue weighted by Gasteiger charge is -2.24. The van der Waals surface area contributed by atoms with Gasteiger partial charge in [-0.2, -0.15) is 0 Å². The van der Waals surface area contributed by atoms with Crippen LogP contribution in [0.25, 0.3) is 11.1 Å². The first-order valence-electron chi connectivity index (χ1n) is 9.56. The zero-order valence-electron chi connectivity index (χ0n) is 16.1. The molecule has 1 heterocycles. The Bertz CT molecular complexity index is 946. The second-order valence-corrected chi connectivity index (χ2v) is 7.17. The largest absolute Gasteiger partial charge is 0.504 e. The third kappa shape index (κ3) is 3.72. The van der Waals surface area contributed by atoms with Gasteiger partial charge in [0.15, 0.2) is 18.1 Å². The van der Waals surface area contributed by atoms with Crippen molar-refractivity contribution in [2.75, 3.05) is 20.3 Å². The third-order valence-corrected chi connectivity index (χ3v) is 5.37. The quantitative estimate of drug-likeness (QED) is 0.714. The zero-order chi connectivity index (χ0) is 20.4. The fourth-order valence-electron chi connectivity index (χ4n) is 3.55. The van der Waals surface area contributed by atoms with E-state index >= 15 is 0 Å². The number of phenolic OH excluding ortho intramolecular Hbond substituents is 1. The van der Waals surface area contributed by atoms with Crippen LogP contribution < -0.4 is 9.47 Å². The van der Waals surface area contributed by atoms with Crippen molar-refractivity contribution in [3.05, 3.63) is 41.5 Å². The summed E-state index contributed by atoms with van der Waals surface area (Å²) in [6.45, 7) is 0.234. The fraction of sp³-hybridized carbons (Fsp3) is 0.364. The molecule has 1 saturated carbocycles. The van der Waals surface area contributed by atoms with Crippen molar-refractivity contribution >= 4 is 11.9 Å². The van der Waals surface area contributed by atoms with Gasteiger partial charge in [0.1, 0.15) is 6.61 Å². The molecule has 1 fully saturated rings. The maximum absolute atomic E-state index is 12.1. The van der Waals surface area contributed by atoms with Crippen molar-refractivity contribution in [1.29, 1.82) is 0 Å². The number of rotatable bonds is 7. The molecule has 7 nitrogen and oxygen atoms in total. The molecule has 0 bridgehead atoms. The smallest absolute Gasteiger partial charge is 0.344 e. The maximum atomic E-state index is 12.1. The van der Waals surface area contributed by atoms with E-state index in [1.807, 2.05) is 6.07 Å². The van der Waals surface area contributed by atoms with Crippen LogP contribution in [-0.4, -0.2) is 37.4 Å². The zero-order valence-corrected chi connectivity index (χ0v) is 16.1. The third-order valence-electron chi connectivity index (χ3n) is 5.37. The van der Waals surface area contributed by atoms with Gasteiger partial charge in [0.2, 0.25) is 5.75 Å². The summed E-state index contributed by atoms with van der Waals surface area (Å²) in [7, 11) is 1.41. The van der Waals surface area contributed by atoms with Crippen LogP contribution in [0.2, 0.25) is 0 Å². The maximum Gasteiger partial charge on any atom is 0.344 e. The molecule has 0 radical (unpaired) electrons. The van der Waals surface area contributed by atoms with E-state index < -0.39 is 5.97 Å². The minimum atomic E-state index is -0.481. The molecular weight excluding hydrogens is 376 g/mol. The molecule has 4 rings (SSSR count). The number of cyclic esters (lactones) is 1. The van der Waals surface area contributed by atoms with Gasteiger partial charge in [-0.25, -0.2) is 9.59 Å². The summed E-state index contributed by atoms with van der Waals surface area (Å²) in [5.74, 6) is -0.221. The highest BCUT2D eigenvalue weighted by atomic mass is 16.6. The minimum absolute atomic E-state index is 0.108. The SMILES string of the molecule is COc1c(O)ccc(-c2cccc3c2COC3=O)c1OCC(=O)OCC1CCC1. The number of benzene rings is 2. The molecule has 0 atom stereocenters. The summed E-state index contributed by atoms with van der Waals surface area (Å²) in [5, 5.41) is 10.2. The molecule has 0 spiro atoms. The van der Waals surface area contributed by atoms with Gasteiger partial charge in [0.05, 0.1) is 19.3 Å². The van der Waals surface area contributed by atoms with Gasteiger partial charge in [-0.15, -0.1) is 0 Å². The summed E-state index contributed by atoms with van der Waals surface area (Å²) in [5.41, 5.74) is 2.51. The van der Waals surface area contributed by atoms with Crippen molar-refractivity contribution in [1.82, 2.24) is 0 Å².